The second-order valence-corrected chi connectivity index (χ2v) is 8.28. The Morgan fingerprint density at radius 1 is 1.20 bits per heavy atom. The van der Waals surface area contributed by atoms with Crippen molar-refractivity contribution in [3.8, 4) is 0 Å². The number of esters is 1. The standard InChI is InChI=1S/C24H24N2O3S/c1-2-3-12-25-21(27)15-29-24(28)22-18-8-4-5-9-20(18)26-23-16(10-11-19(22)23)14-17-7-6-13-30-17/h4-9,13-14H,2-3,10-12,15H2,1H3,(H,25,27)/b16-14+. The van der Waals surface area contributed by atoms with E-state index in [9.17, 15) is 9.59 Å². The maximum absolute atomic E-state index is 13.0. The third-order valence-electron chi connectivity index (χ3n) is 5.19. The molecule has 0 spiro atoms. The number of fused-ring (bicyclic) bond motifs is 2. The molecule has 0 saturated heterocycles. The topological polar surface area (TPSA) is 68.3 Å². The quantitative estimate of drug-likeness (QED) is 0.438. The Morgan fingerprint density at radius 3 is 2.87 bits per heavy atom. The van der Waals surface area contributed by atoms with E-state index in [2.05, 4.69) is 24.4 Å². The summed E-state index contributed by atoms with van der Waals surface area (Å²) >= 11 is 1.68. The summed E-state index contributed by atoms with van der Waals surface area (Å²) < 4.78 is 5.40. The average Bonchev–Trinajstić information content (AvgIpc) is 3.41. The van der Waals surface area contributed by atoms with Gasteiger partial charge in [-0.2, -0.15) is 0 Å². The van der Waals surface area contributed by atoms with Gasteiger partial charge >= 0.3 is 5.97 Å². The molecule has 6 heteroatoms. The molecule has 1 aliphatic rings. The first-order chi connectivity index (χ1) is 14.7. The van der Waals surface area contributed by atoms with Crippen LogP contribution in [0.5, 0.6) is 0 Å². The average molecular weight is 421 g/mol. The van der Waals surface area contributed by atoms with Gasteiger partial charge in [0.1, 0.15) is 0 Å². The van der Waals surface area contributed by atoms with Gasteiger partial charge in [0, 0.05) is 16.8 Å². The summed E-state index contributed by atoms with van der Waals surface area (Å²) in [5.74, 6) is -0.738. The molecule has 0 unspecified atom stereocenters. The molecule has 2 aromatic heterocycles. The number of aromatic nitrogens is 1. The largest absolute Gasteiger partial charge is 0.452 e. The zero-order chi connectivity index (χ0) is 20.9. The van der Waals surface area contributed by atoms with E-state index in [0.717, 1.165) is 53.4 Å². The first-order valence-electron chi connectivity index (χ1n) is 10.3. The van der Waals surface area contributed by atoms with Gasteiger partial charge in [-0.25, -0.2) is 9.78 Å². The molecule has 1 amide bonds. The van der Waals surface area contributed by atoms with E-state index in [-0.39, 0.29) is 12.5 Å². The van der Waals surface area contributed by atoms with Gasteiger partial charge < -0.3 is 10.1 Å². The predicted molar refractivity (Wildman–Crippen MR) is 120 cm³/mol. The monoisotopic (exact) mass is 420 g/mol. The summed E-state index contributed by atoms with van der Waals surface area (Å²) in [5, 5.41) is 5.59. The van der Waals surface area contributed by atoms with Crippen molar-refractivity contribution in [2.45, 2.75) is 32.6 Å². The fraction of sp³-hybridized carbons (Fsp3) is 0.292. The molecule has 2 heterocycles. The summed E-state index contributed by atoms with van der Waals surface area (Å²) in [7, 11) is 0. The Labute approximate surface area is 179 Å². The van der Waals surface area contributed by atoms with Crippen LogP contribution in [0, 0.1) is 0 Å². The first-order valence-corrected chi connectivity index (χ1v) is 11.1. The lowest BCUT2D eigenvalue weighted by Crippen LogP contribution is -2.29. The van der Waals surface area contributed by atoms with Crippen LogP contribution in [0.15, 0.2) is 41.8 Å². The van der Waals surface area contributed by atoms with E-state index >= 15 is 0 Å². The molecule has 0 radical (unpaired) electrons. The minimum Gasteiger partial charge on any atom is -0.452 e. The summed E-state index contributed by atoms with van der Waals surface area (Å²) in [4.78, 5) is 31.0. The third-order valence-corrected chi connectivity index (χ3v) is 6.01. The normalized spacial score (nSPS) is 14.1. The number of unbranched alkanes of at least 4 members (excludes halogenated alkanes) is 1. The first kappa shape index (κ1) is 20.3. The van der Waals surface area contributed by atoms with Crippen LogP contribution in [-0.2, 0) is 16.0 Å². The van der Waals surface area contributed by atoms with Crippen molar-refractivity contribution < 1.29 is 14.3 Å². The molecule has 1 N–H and O–H groups in total. The second-order valence-electron chi connectivity index (χ2n) is 7.30. The predicted octanol–water partition coefficient (Wildman–Crippen LogP) is 4.86. The van der Waals surface area contributed by atoms with Crippen molar-refractivity contribution in [3.05, 3.63) is 63.5 Å². The molecule has 3 aromatic rings. The van der Waals surface area contributed by atoms with Crippen molar-refractivity contribution in [1.29, 1.82) is 0 Å². The number of benzene rings is 1. The molecule has 0 saturated carbocycles. The van der Waals surface area contributed by atoms with E-state index in [1.165, 1.54) is 4.88 Å². The fourth-order valence-electron chi connectivity index (χ4n) is 3.72. The Hall–Kier alpha value is -2.99. The van der Waals surface area contributed by atoms with Crippen molar-refractivity contribution in [3.63, 3.8) is 0 Å². The number of para-hydroxylation sites is 1. The van der Waals surface area contributed by atoms with Crippen LogP contribution in [0.25, 0.3) is 22.6 Å². The molecular formula is C24H24N2O3S. The number of ether oxygens (including phenoxy) is 1. The van der Waals surface area contributed by atoms with Crippen LogP contribution in [0.2, 0.25) is 0 Å². The van der Waals surface area contributed by atoms with Gasteiger partial charge in [0.25, 0.3) is 5.91 Å². The molecule has 5 nitrogen and oxygen atoms in total. The van der Waals surface area contributed by atoms with Gasteiger partial charge in [-0.05, 0) is 54.0 Å². The smallest absolute Gasteiger partial charge is 0.339 e. The number of nitrogens with zero attached hydrogens (tertiary/aromatic N) is 1. The van der Waals surface area contributed by atoms with Crippen molar-refractivity contribution >= 4 is 45.8 Å². The second kappa shape index (κ2) is 9.22. The molecule has 0 atom stereocenters. The maximum atomic E-state index is 13.0. The third kappa shape index (κ3) is 4.28. The highest BCUT2D eigenvalue weighted by atomic mass is 32.1. The zero-order valence-electron chi connectivity index (χ0n) is 16.9. The highest BCUT2D eigenvalue weighted by Gasteiger charge is 2.27. The van der Waals surface area contributed by atoms with Crippen LogP contribution < -0.4 is 5.32 Å². The molecular weight excluding hydrogens is 396 g/mol. The highest BCUT2D eigenvalue weighted by Crippen LogP contribution is 2.38. The number of rotatable bonds is 7. The Balaban J connectivity index is 1.64. The number of hydrogen-bond donors (Lipinski definition) is 1. The molecule has 154 valence electrons. The summed E-state index contributed by atoms with van der Waals surface area (Å²) in [6, 6.07) is 11.7. The molecule has 0 bridgehead atoms. The van der Waals surface area contributed by atoms with Gasteiger partial charge in [0.05, 0.1) is 16.8 Å². The van der Waals surface area contributed by atoms with Gasteiger partial charge in [-0.1, -0.05) is 37.6 Å². The van der Waals surface area contributed by atoms with E-state index < -0.39 is 5.97 Å². The van der Waals surface area contributed by atoms with Crippen LogP contribution in [0.3, 0.4) is 0 Å². The molecule has 1 aliphatic carbocycles. The number of amides is 1. The van der Waals surface area contributed by atoms with Gasteiger partial charge in [-0.15, -0.1) is 11.3 Å². The van der Waals surface area contributed by atoms with E-state index in [0.29, 0.717) is 12.1 Å². The zero-order valence-corrected chi connectivity index (χ0v) is 17.8. The maximum Gasteiger partial charge on any atom is 0.339 e. The van der Waals surface area contributed by atoms with Crippen molar-refractivity contribution in [1.82, 2.24) is 10.3 Å². The Kier molecular flexibility index (Phi) is 6.23. The minimum absolute atomic E-state index is 0.272. The summed E-state index contributed by atoms with van der Waals surface area (Å²) in [6.07, 6.45) is 5.61. The number of nitrogens with one attached hydrogen (secondary N) is 1. The Morgan fingerprint density at radius 2 is 2.07 bits per heavy atom. The molecule has 4 rings (SSSR count). The lowest BCUT2D eigenvalue weighted by molar-refractivity contribution is -0.124. The number of hydrogen-bond acceptors (Lipinski definition) is 5. The fourth-order valence-corrected chi connectivity index (χ4v) is 4.40. The highest BCUT2D eigenvalue weighted by molar-refractivity contribution is 7.10. The Bertz CT molecular complexity index is 1100. The number of carbonyl (C=O) groups excluding carboxylic acids is 2. The van der Waals surface area contributed by atoms with Crippen molar-refractivity contribution in [2.75, 3.05) is 13.2 Å². The number of pyridine rings is 1. The van der Waals surface area contributed by atoms with Crippen LogP contribution in [0.4, 0.5) is 0 Å². The number of allylic oxidation sites excluding steroid dienone is 1. The van der Waals surface area contributed by atoms with E-state index in [4.69, 9.17) is 9.72 Å². The van der Waals surface area contributed by atoms with Crippen molar-refractivity contribution in [2.24, 2.45) is 0 Å². The van der Waals surface area contributed by atoms with Gasteiger partial charge in [0.15, 0.2) is 6.61 Å². The molecule has 1 aromatic carbocycles. The lowest BCUT2D eigenvalue weighted by atomic mass is 10.0. The molecule has 0 fully saturated rings. The van der Waals surface area contributed by atoms with Crippen LogP contribution in [0.1, 0.15) is 52.7 Å². The summed E-state index contributed by atoms with van der Waals surface area (Å²) in [6.45, 7) is 2.38. The van der Waals surface area contributed by atoms with E-state index in [1.807, 2.05) is 35.7 Å². The SMILES string of the molecule is CCCCNC(=O)COC(=O)c1c2c(nc3ccccc13)/C(=C/c1cccs1)CC2. The molecule has 30 heavy (non-hydrogen) atoms. The van der Waals surface area contributed by atoms with Gasteiger partial charge in [0.2, 0.25) is 0 Å². The molecule has 0 aliphatic heterocycles. The lowest BCUT2D eigenvalue weighted by Gasteiger charge is -2.12. The van der Waals surface area contributed by atoms with Gasteiger partial charge in [-0.3, -0.25) is 4.79 Å². The summed E-state index contributed by atoms with van der Waals surface area (Å²) in [5.41, 5.74) is 4.19. The van der Waals surface area contributed by atoms with Crippen LogP contribution in [-0.4, -0.2) is 30.0 Å². The number of carbonyl (C=O) groups is 2. The number of thiophene rings is 1. The van der Waals surface area contributed by atoms with E-state index in [1.54, 1.807) is 11.3 Å². The van der Waals surface area contributed by atoms with Crippen LogP contribution >= 0.6 is 11.3 Å². The minimum atomic E-state index is -0.465.